The number of rotatable bonds is 5. The van der Waals surface area contributed by atoms with E-state index in [4.69, 9.17) is 9.47 Å². The summed E-state index contributed by atoms with van der Waals surface area (Å²) in [5.41, 5.74) is 2.14. The summed E-state index contributed by atoms with van der Waals surface area (Å²) >= 11 is 0. The first kappa shape index (κ1) is 22.1. The highest BCUT2D eigenvalue weighted by molar-refractivity contribution is 7.90. The molecule has 0 radical (unpaired) electrons. The molecule has 1 aliphatic rings. The number of benzene rings is 2. The van der Waals surface area contributed by atoms with Crippen LogP contribution in [0.4, 0.5) is 10.5 Å². The van der Waals surface area contributed by atoms with Gasteiger partial charge in [-0.05, 0) is 31.5 Å². The van der Waals surface area contributed by atoms with Gasteiger partial charge in [-0.1, -0.05) is 17.7 Å². The van der Waals surface area contributed by atoms with E-state index in [1.165, 1.54) is 20.3 Å². The Balaban J connectivity index is 1.75. The Hall–Kier alpha value is -3.60. The molecule has 1 aliphatic heterocycles. The summed E-state index contributed by atoms with van der Waals surface area (Å²) < 4.78 is 36.1. The van der Waals surface area contributed by atoms with Crippen molar-refractivity contribution in [2.75, 3.05) is 26.1 Å². The Morgan fingerprint density at radius 2 is 1.68 bits per heavy atom. The zero-order valence-corrected chi connectivity index (χ0v) is 18.1. The van der Waals surface area contributed by atoms with Crippen molar-refractivity contribution in [3.8, 4) is 11.5 Å². The van der Waals surface area contributed by atoms with E-state index in [2.05, 4.69) is 5.32 Å². The molecule has 2 aromatic carbocycles. The Morgan fingerprint density at radius 3 is 2.29 bits per heavy atom. The summed E-state index contributed by atoms with van der Waals surface area (Å²) in [4.78, 5) is 36.8. The van der Waals surface area contributed by atoms with Gasteiger partial charge >= 0.3 is 6.03 Å². The molecule has 164 valence electrons. The van der Waals surface area contributed by atoms with Gasteiger partial charge in [0, 0.05) is 11.8 Å². The van der Waals surface area contributed by atoms with Crippen LogP contribution in [0.1, 0.15) is 21.5 Å². The number of ether oxygens (including phenoxy) is 2. The molecule has 10 nitrogen and oxygen atoms in total. The van der Waals surface area contributed by atoms with E-state index in [0.29, 0.717) is 9.99 Å². The third kappa shape index (κ3) is 4.17. The largest absolute Gasteiger partial charge is 0.493 e. The highest BCUT2D eigenvalue weighted by atomic mass is 32.2. The van der Waals surface area contributed by atoms with Crippen LogP contribution >= 0.6 is 0 Å². The van der Waals surface area contributed by atoms with Crippen molar-refractivity contribution in [2.45, 2.75) is 18.7 Å². The predicted molar refractivity (Wildman–Crippen MR) is 111 cm³/mol. The van der Waals surface area contributed by atoms with E-state index in [9.17, 15) is 22.8 Å². The molecule has 0 unspecified atom stereocenters. The van der Waals surface area contributed by atoms with Gasteiger partial charge in [-0.25, -0.2) is 17.5 Å². The summed E-state index contributed by atoms with van der Waals surface area (Å²) in [5.74, 6) is -1.58. The molecule has 11 heteroatoms. The molecule has 0 aliphatic carbocycles. The molecule has 3 rings (SSSR count). The number of methoxy groups -OCH3 is 2. The molecule has 0 saturated carbocycles. The highest BCUT2D eigenvalue weighted by Crippen LogP contribution is 2.38. The second kappa shape index (κ2) is 8.26. The number of carbonyl (C=O) groups is 3. The monoisotopic (exact) mass is 447 g/mol. The van der Waals surface area contributed by atoms with Crippen LogP contribution in [0, 0.1) is 13.8 Å². The van der Waals surface area contributed by atoms with Crippen LogP contribution < -0.4 is 20.1 Å². The number of anilines is 1. The zero-order valence-electron chi connectivity index (χ0n) is 17.3. The predicted octanol–water partition coefficient (Wildman–Crippen LogP) is 1.81. The Kier molecular flexibility index (Phi) is 5.89. The van der Waals surface area contributed by atoms with Crippen LogP contribution in [0.5, 0.6) is 11.5 Å². The van der Waals surface area contributed by atoms with Crippen LogP contribution in [-0.2, 0) is 14.8 Å². The SMILES string of the molecule is COc1cc2c(cc1OC)S(=O)(=O)N(CC(=O)NC(=O)Nc1ccc(C)cc1C)C2=O. The topological polar surface area (TPSA) is 131 Å². The molecular weight excluding hydrogens is 426 g/mol. The number of sulfonamides is 1. The number of aryl methyl sites for hydroxylation is 2. The molecule has 4 amide bonds. The fraction of sp³-hybridized carbons (Fsp3) is 0.250. The lowest BCUT2D eigenvalue weighted by Gasteiger charge is -2.15. The number of imide groups is 1. The van der Waals surface area contributed by atoms with Crippen molar-refractivity contribution >= 4 is 33.6 Å². The Morgan fingerprint density at radius 1 is 1.03 bits per heavy atom. The first-order valence-electron chi connectivity index (χ1n) is 9.09. The number of urea groups is 1. The first-order valence-corrected chi connectivity index (χ1v) is 10.5. The van der Waals surface area contributed by atoms with Crippen LogP contribution in [0.25, 0.3) is 0 Å². The first-order chi connectivity index (χ1) is 14.6. The minimum atomic E-state index is -4.30. The summed E-state index contributed by atoms with van der Waals surface area (Å²) in [6, 6.07) is 6.87. The van der Waals surface area contributed by atoms with Crippen molar-refractivity contribution < 1.29 is 32.3 Å². The standard InChI is InChI=1S/C20H21N3O7S/c1-11-5-6-14(12(2)7-11)21-20(26)22-18(24)10-23-19(25)13-8-15(29-3)16(30-4)9-17(13)31(23,27)28/h5-9H,10H2,1-4H3,(H2,21,22,24,26). The highest BCUT2D eigenvalue weighted by Gasteiger charge is 2.43. The number of amides is 4. The second-order valence-corrected chi connectivity index (χ2v) is 8.67. The maximum absolute atomic E-state index is 12.8. The molecule has 1 heterocycles. The normalized spacial score (nSPS) is 14.1. The third-order valence-corrected chi connectivity index (χ3v) is 6.45. The van der Waals surface area contributed by atoms with Crippen LogP contribution in [-0.4, -0.2) is 51.3 Å². The van der Waals surface area contributed by atoms with E-state index < -0.39 is 34.4 Å². The van der Waals surface area contributed by atoms with Gasteiger partial charge in [0.15, 0.2) is 11.5 Å². The van der Waals surface area contributed by atoms with Crippen molar-refractivity contribution in [3.05, 3.63) is 47.0 Å². The molecule has 2 aromatic rings. The molecule has 0 bridgehead atoms. The number of nitrogens with one attached hydrogen (secondary N) is 2. The summed E-state index contributed by atoms with van der Waals surface area (Å²) in [7, 11) is -1.63. The molecule has 0 atom stereocenters. The second-order valence-electron chi connectivity index (χ2n) is 6.84. The van der Waals surface area contributed by atoms with Gasteiger partial charge in [0.1, 0.15) is 11.4 Å². The molecule has 0 aromatic heterocycles. The molecule has 0 saturated heterocycles. The molecule has 2 N–H and O–H groups in total. The van der Waals surface area contributed by atoms with Gasteiger partial charge in [0.25, 0.3) is 15.9 Å². The van der Waals surface area contributed by atoms with Gasteiger partial charge in [0.2, 0.25) is 5.91 Å². The fourth-order valence-electron chi connectivity index (χ4n) is 3.16. The fourth-order valence-corrected chi connectivity index (χ4v) is 4.69. The lowest BCUT2D eigenvalue weighted by molar-refractivity contribution is -0.119. The Labute approximate surface area is 179 Å². The smallest absolute Gasteiger partial charge is 0.325 e. The van der Waals surface area contributed by atoms with Gasteiger partial charge in [0.05, 0.1) is 19.8 Å². The average molecular weight is 447 g/mol. The van der Waals surface area contributed by atoms with Gasteiger partial charge in [-0.2, -0.15) is 0 Å². The number of nitrogens with zero attached hydrogens (tertiary/aromatic N) is 1. The molecular formula is C20H21N3O7S. The quantitative estimate of drug-likeness (QED) is 0.715. The van der Waals surface area contributed by atoms with Crippen LogP contribution in [0.2, 0.25) is 0 Å². The lowest BCUT2D eigenvalue weighted by Crippen LogP contribution is -2.43. The lowest BCUT2D eigenvalue weighted by atomic mass is 10.1. The maximum atomic E-state index is 12.8. The van der Waals surface area contributed by atoms with Crippen molar-refractivity contribution in [1.82, 2.24) is 9.62 Å². The van der Waals surface area contributed by atoms with Gasteiger partial charge < -0.3 is 14.8 Å². The number of hydrogen-bond acceptors (Lipinski definition) is 7. The zero-order chi connectivity index (χ0) is 22.9. The van der Waals surface area contributed by atoms with Crippen LogP contribution in [0.15, 0.2) is 35.2 Å². The minimum Gasteiger partial charge on any atom is -0.493 e. The van der Waals surface area contributed by atoms with E-state index >= 15 is 0 Å². The average Bonchev–Trinajstić information content (AvgIpc) is 2.89. The van der Waals surface area contributed by atoms with Crippen molar-refractivity contribution in [2.24, 2.45) is 0 Å². The van der Waals surface area contributed by atoms with E-state index in [-0.39, 0.29) is 22.0 Å². The van der Waals surface area contributed by atoms with E-state index in [1.54, 1.807) is 19.1 Å². The van der Waals surface area contributed by atoms with E-state index in [0.717, 1.165) is 17.2 Å². The summed E-state index contributed by atoms with van der Waals surface area (Å²) in [5, 5.41) is 4.55. The summed E-state index contributed by atoms with van der Waals surface area (Å²) in [6.07, 6.45) is 0. The molecule has 31 heavy (non-hydrogen) atoms. The number of fused-ring (bicyclic) bond motifs is 1. The molecule has 0 spiro atoms. The van der Waals surface area contributed by atoms with Crippen LogP contribution in [0.3, 0.4) is 0 Å². The maximum Gasteiger partial charge on any atom is 0.325 e. The van der Waals surface area contributed by atoms with Crippen molar-refractivity contribution in [1.29, 1.82) is 0 Å². The Bertz CT molecular complexity index is 1190. The summed E-state index contributed by atoms with van der Waals surface area (Å²) in [6.45, 7) is 2.83. The van der Waals surface area contributed by atoms with Crippen molar-refractivity contribution in [3.63, 3.8) is 0 Å². The third-order valence-electron chi connectivity index (χ3n) is 4.68. The number of hydrogen-bond donors (Lipinski definition) is 2. The molecule has 0 fully saturated rings. The minimum absolute atomic E-state index is 0.122. The number of carbonyl (C=O) groups excluding carboxylic acids is 3. The van der Waals surface area contributed by atoms with E-state index in [1.807, 2.05) is 18.3 Å². The van der Waals surface area contributed by atoms with Gasteiger partial charge in [-0.3, -0.25) is 14.9 Å². The van der Waals surface area contributed by atoms with Gasteiger partial charge in [-0.15, -0.1) is 0 Å².